The average molecular weight is 301 g/mol. The Kier molecular flexibility index (Phi) is 3.31. The van der Waals surface area contributed by atoms with E-state index in [0.29, 0.717) is 6.04 Å². The second-order valence-corrected chi connectivity index (χ2v) is 5.25. The second kappa shape index (κ2) is 4.51. The molecule has 1 unspecified atom stereocenters. The monoisotopic (exact) mass is 301 g/mol. The number of benzene rings is 1. The average Bonchev–Trinajstić information content (AvgIpc) is 3.01. The molecule has 1 aromatic rings. The number of halogens is 1. The van der Waals surface area contributed by atoms with Crippen LogP contribution in [0, 0.1) is 9.49 Å². The predicted molar refractivity (Wildman–Crippen MR) is 69.6 cm³/mol. The quantitative estimate of drug-likeness (QED) is 0.832. The highest BCUT2D eigenvalue weighted by molar-refractivity contribution is 14.1. The molecule has 1 nitrogen and oxygen atoms in total. The fourth-order valence-corrected chi connectivity index (χ4v) is 2.17. The Hall–Kier alpha value is -0.250. The molecule has 0 heterocycles. The lowest BCUT2D eigenvalue weighted by atomic mass is 10.1. The van der Waals surface area contributed by atoms with Gasteiger partial charge in [0.25, 0.3) is 0 Å². The molecule has 0 bridgehead atoms. The molecule has 1 aromatic carbocycles. The van der Waals surface area contributed by atoms with E-state index in [1.165, 1.54) is 28.5 Å². The van der Waals surface area contributed by atoms with Gasteiger partial charge in [-0.25, -0.2) is 0 Å². The van der Waals surface area contributed by atoms with Crippen molar-refractivity contribution in [2.45, 2.75) is 32.2 Å². The van der Waals surface area contributed by atoms with Gasteiger partial charge in [-0.3, -0.25) is 0 Å². The van der Waals surface area contributed by atoms with Crippen LogP contribution in [0.1, 0.15) is 26.2 Å². The molecule has 0 spiro atoms. The minimum absolute atomic E-state index is 0.690. The third-order valence-corrected chi connectivity index (χ3v) is 3.55. The molecule has 0 amide bonds. The Labute approximate surface area is 99.4 Å². The fraction of sp³-hybridized carbons (Fsp3) is 0.500. The fourth-order valence-electron chi connectivity index (χ4n) is 1.81. The summed E-state index contributed by atoms with van der Waals surface area (Å²) < 4.78 is 1.30. The summed E-state index contributed by atoms with van der Waals surface area (Å²) in [7, 11) is 0. The number of rotatable bonds is 4. The van der Waals surface area contributed by atoms with E-state index in [4.69, 9.17) is 0 Å². The summed E-state index contributed by atoms with van der Waals surface area (Å²) in [5.41, 5.74) is 1.27. The Morgan fingerprint density at radius 2 is 2.00 bits per heavy atom. The lowest BCUT2D eigenvalue weighted by Crippen LogP contribution is -2.20. The van der Waals surface area contributed by atoms with Gasteiger partial charge in [-0.1, -0.05) is 6.92 Å². The van der Waals surface area contributed by atoms with Gasteiger partial charge in [0.1, 0.15) is 0 Å². The topological polar surface area (TPSA) is 12.0 Å². The van der Waals surface area contributed by atoms with Crippen LogP contribution in [-0.2, 0) is 0 Å². The maximum atomic E-state index is 3.61. The molecule has 0 aliphatic heterocycles. The first-order chi connectivity index (χ1) is 6.79. The molecule has 14 heavy (non-hydrogen) atoms. The molecule has 2 heteroatoms. The zero-order valence-electron chi connectivity index (χ0n) is 8.46. The van der Waals surface area contributed by atoms with Crippen LogP contribution in [0.2, 0.25) is 0 Å². The summed E-state index contributed by atoms with van der Waals surface area (Å²) in [5.74, 6) is 0.930. The van der Waals surface area contributed by atoms with Crippen LogP contribution in [0.15, 0.2) is 24.3 Å². The smallest absolute Gasteiger partial charge is 0.0343 e. The van der Waals surface area contributed by atoms with Crippen molar-refractivity contribution in [3.63, 3.8) is 0 Å². The lowest BCUT2D eigenvalue weighted by molar-refractivity contribution is 0.616. The summed E-state index contributed by atoms with van der Waals surface area (Å²) in [6.07, 6.45) is 4.06. The minimum Gasteiger partial charge on any atom is -0.382 e. The Balaban J connectivity index is 1.98. The van der Waals surface area contributed by atoms with Crippen LogP contribution >= 0.6 is 22.6 Å². The molecule has 1 aliphatic rings. The zero-order chi connectivity index (χ0) is 9.97. The van der Waals surface area contributed by atoms with E-state index in [1.54, 1.807) is 0 Å². The van der Waals surface area contributed by atoms with E-state index in [9.17, 15) is 0 Å². The summed E-state index contributed by atoms with van der Waals surface area (Å²) in [6.45, 7) is 2.27. The number of hydrogen-bond donors (Lipinski definition) is 1. The van der Waals surface area contributed by atoms with Crippen molar-refractivity contribution in [1.82, 2.24) is 0 Å². The van der Waals surface area contributed by atoms with Crippen LogP contribution in [0.5, 0.6) is 0 Å². The van der Waals surface area contributed by atoms with Crippen molar-refractivity contribution < 1.29 is 0 Å². The minimum atomic E-state index is 0.690. The molecular weight excluding hydrogens is 285 g/mol. The maximum absolute atomic E-state index is 3.61. The highest BCUT2D eigenvalue weighted by atomic mass is 127. The van der Waals surface area contributed by atoms with Crippen molar-refractivity contribution in [2.75, 3.05) is 5.32 Å². The normalized spacial score (nSPS) is 17.9. The van der Waals surface area contributed by atoms with Gasteiger partial charge < -0.3 is 5.32 Å². The summed E-state index contributed by atoms with van der Waals surface area (Å²) >= 11 is 2.34. The Morgan fingerprint density at radius 1 is 1.36 bits per heavy atom. The van der Waals surface area contributed by atoms with Crippen LogP contribution in [0.3, 0.4) is 0 Å². The van der Waals surface area contributed by atoms with Gasteiger partial charge in [0, 0.05) is 15.3 Å². The molecule has 2 rings (SSSR count). The second-order valence-electron chi connectivity index (χ2n) is 4.00. The van der Waals surface area contributed by atoms with Gasteiger partial charge in [-0.2, -0.15) is 0 Å². The highest BCUT2D eigenvalue weighted by Crippen LogP contribution is 2.35. The van der Waals surface area contributed by atoms with Crippen molar-refractivity contribution in [2.24, 2.45) is 5.92 Å². The van der Waals surface area contributed by atoms with E-state index >= 15 is 0 Å². The standard InChI is InChI=1S/C12H16IN/c1-2-12(9-3-4-9)14-11-7-5-10(13)6-8-11/h5-9,12,14H,2-4H2,1H3. The molecule has 76 valence electrons. The van der Waals surface area contributed by atoms with Crippen LogP contribution in [0.25, 0.3) is 0 Å². The van der Waals surface area contributed by atoms with E-state index in [-0.39, 0.29) is 0 Å². The van der Waals surface area contributed by atoms with Crippen LogP contribution in [-0.4, -0.2) is 6.04 Å². The summed E-state index contributed by atoms with van der Waals surface area (Å²) in [4.78, 5) is 0. The van der Waals surface area contributed by atoms with E-state index in [0.717, 1.165) is 5.92 Å². The van der Waals surface area contributed by atoms with Crippen molar-refractivity contribution in [1.29, 1.82) is 0 Å². The highest BCUT2D eigenvalue weighted by Gasteiger charge is 2.29. The zero-order valence-corrected chi connectivity index (χ0v) is 10.6. The largest absolute Gasteiger partial charge is 0.382 e. The SMILES string of the molecule is CCC(Nc1ccc(I)cc1)C1CC1. The van der Waals surface area contributed by atoms with Crippen LogP contribution in [0.4, 0.5) is 5.69 Å². The molecule has 1 fully saturated rings. The van der Waals surface area contributed by atoms with Gasteiger partial charge in [0.05, 0.1) is 0 Å². The van der Waals surface area contributed by atoms with Crippen molar-refractivity contribution in [3.05, 3.63) is 27.8 Å². The third kappa shape index (κ3) is 2.62. The van der Waals surface area contributed by atoms with Gasteiger partial charge in [0.15, 0.2) is 0 Å². The van der Waals surface area contributed by atoms with E-state index < -0.39 is 0 Å². The first-order valence-electron chi connectivity index (χ1n) is 5.31. The predicted octanol–water partition coefficient (Wildman–Crippen LogP) is 3.89. The lowest BCUT2D eigenvalue weighted by Gasteiger charge is -2.17. The summed E-state index contributed by atoms with van der Waals surface area (Å²) in [6, 6.07) is 9.35. The summed E-state index contributed by atoms with van der Waals surface area (Å²) in [5, 5.41) is 3.61. The molecule has 1 saturated carbocycles. The van der Waals surface area contributed by atoms with Gasteiger partial charge in [-0.15, -0.1) is 0 Å². The molecule has 0 aromatic heterocycles. The van der Waals surface area contributed by atoms with Crippen molar-refractivity contribution >= 4 is 28.3 Å². The number of nitrogens with one attached hydrogen (secondary N) is 1. The Bertz CT molecular complexity index is 290. The van der Waals surface area contributed by atoms with Gasteiger partial charge in [0.2, 0.25) is 0 Å². The molecule has 0 saturated heterocycles. The van der Waals surface area contributed by atoms with Gasteiger partial charge in [-0.05, 0) is 72.0 Å². The third-order valence-electron chi connectivity index (χ3n) is 2.83. The number of anilines is 1. The van der Waals surface area contributed by atoms with Gasteiger partial charge >= 0.3 is 0 Å². The van der Waals surface area contributed by atoms with E-state index in [1.807, 2.05) is 0 Å². The molecule has 1 aliphatic carbocycles. The maximum Gasteiger partial charge on any atom is 0.0343 e. The van der Waals surface area contributed by atoms with E-state index in [2.05, 4.69) is 59.1 Å². The van der Waals surface area contributed by atoms with Crippen LogP contribution < -0.4 is 5.32 Å². The first-order valence-corrected chi connectivity index (χ1v) is 6.39. The molecule has 1 N–H and O–H groups in total. The Morgan fingerprint density at radius 3 is 2.50 bits per heavy atom. The first kappa shape index (κ1) is 10.3. The van der Waals surface area contributed by atoms with Crippen molar-refractivity contribution in [3.8, 4) is 0 Å². The molecular formula is C12H16IN. The number of hydrogen-bond acceptors (Lipinski definition) is 1. The molecule has 1 atom stereocenters. The molecule has 0 radical (unpaired) electrons.